The predicted octanol–water partition coefficient (Wildman–Crippen LogP) is 1.15. The first-order valence-electron chi connectivity index (χ1n) is 4.25. The van der Waals surface area contributed by atoms with Crippen molar-refractivity contribution in [1.82, 2.24) is 14.6 Å². The van der Waals surface area contributed by atoms with Crippen molar-refractivity contribution < 1.29 is 0 Å². The van der Waals surface area contributed by atoms with E-state index in [9.17, 15) is 4.79 Å². The quantitative estimate of drug-likeness (QED) is 0.710. The number of fused-ring (bicyclic) bond motifs is 1. The molecular formula is C9H11N3O. The molecule has 0 aromatic carbocycles. The van der Waals surface area contributed by atoms with E-state index >= 15 is 0 Å². The van der Waals surface area contributed by atoms with Gasteiger partial charge in [0.05, 0.1) is 6.20 Å². The Hall–Kier alpha value is -1.58. The maximum Gasteiger partial charge on any atom is 0.274 e. The van der Waals surface area contributed by atoms with E-state index in [0.717, 1.165) is 11.3 Å². The second kappa shape index (κ2) is 2.73. The third-order valence-electron chi connectivity index (χ3n) is 2.02. The Morgan fingerprint density at radius 1 is 1.54 bits per heavy atom. The zero-order valence-corrected chi connectivity index (χ0v) is 7.61. The van der Waals surface area contributed by atoms with Crippen molar-refractivity contribution in [2.45, 2.75) is 19.8 Å². The lowest BCUT2D eigenvalue weighted by atomic mass is 10.1. The molecule has 2 aromatic heterocycles. The summed E-state index contributed by atoms with van der Waals surface area (Å²) < 4.78 is 1.35. The molecule has 13 heavy (non-hydrogen) atoms. The van der Waals surface area contributed by atoms with Crippen LogP contribution in [0.25, 0.3) is 5.65 Å². The Balaban J connectivity index is 2.77. The smallest absolute Gasteiger partial charge is 0.274 e. The molecule has 68 valence electrons. The van der Waals surface area contributed by atoms with Crippen LogP contribution < -0.4 is 5.56 Å². The molecule has 0 amide bonds. The van der Waals surface area contributed by atoms with E-state index in [1.54, 1.807) is 18.3 Å². The first-order chi connectivity index (χ1) is 6.18. The number of aromatic nitrogens is 3. The number of aromatic amines is 1. The van der Waals surface area contributed by atoms with Crippen molar-refractivity contribution in [3.63, 3.8) is 0 Å². The van der Waals surface area contributed by atoms with Gasteiger partial charge in [0.2, 0.25) is 0 Å². The molecule has 0 bridgehead atoms. The van der Waals surface area contributed by atoms with Gasteiger partial charge in [-0.1, -0.05) is 13.8 Å². The maximum atomic E-state index is 11.4. The molecule has 2 rings (SSSR count). The van der Waals surface area contributed by atoms with E-state index < -0.39 is 0 Å². The highest BCUT2D eigenvalue weighted by Crippen LogP contribution is 2.09. The highest BCUT2D eigenvalue weighted by molar-refractivity contribution is 5.36. The summed E-state index contributed by atoms with van der Waals surface area (Å²) in [6.07, 6.45) is 1.61. The zero-order chi connectivity index (χ0) is 9.42. The maximum absolute atomic E-state index is 11.4. The van der Waals surface area contributed by atoms with Crippen LogP contribution in [0.3, 0.4) is 0 Å². The molecule has 0 aliphatic rings. The molecule has 2 aromatic rings. The molecule has 0 spiro atoms. The summed E-state index contributed by atoms with van der Waals surface area (Å²) in [5.41, 5.74) is 1.61. The first kappa shape index (κ1) is 8.04. The number of hydrogen-bond donors (Lipinski definition) is 1. The lowest BCUT2D eigenvalue weighted by Crippen LogP contribution is -2.15. The highest BCUT2D eigenvalue weighted by Gasteiger charge is 2.04. The fraction of sp³-hybridized carbons (Fsp3) is 0.333. The molecule has 4 heteroatoms. The van der Waals surface area contributed by atoms with Gasteiger partial charge in [-0.2, -0.15) is 9.61 Å². The van der Waals surface area contributed by atoms with Crippen LogP contribution in [0, 0.1) is 0 Å². The van der Waals surface area contributed by atoms with Crippen LogP contribution in [0.2, 0.25) is 0 Å². The van der Waals surface area contributed by atoms with Gasteiger partial charge in [0, 0.05) is 17.8 Å². The molecule has 0 fully saturated rings. The third kappa shape index (κ3) is 1.24. The summed E-state index contributed by atoms with van der Waals surface area (Å²) in [6, 6.07) is 3.37. The summed E-state index contributed by atoms with van der Waals surface area (Å²) in [5, 5.41) is 3.89. The molecule has 0 radical (unpaired) electrons. The van der Waals surface area contributed by atoms with Gasteiger partial charge in [0.1, 0.15) is 5.65 Å². The van der Waals surface area contributed by atoms with E-state index in [1.165, 1.54) is 4.52 Å². The Labute approximate surface area is 75.2 Å². The highest BCUT2D eigenvalue weighted by atomic mass is 16.1. The summed E-state index contributed by atoms with van der Waals surface area (Å²) in [4.78, 5) is 14.6. The summed E-state index contributed by atoms with van der Waals surface area (Å²) >= 11 is 0. The van der Waals surface area contributed by atoms with Gasteiger partial charge in [-0.05, 0) is 5.92 Å². The Bertz CT molecular complexity index is 481. The van der Waals surface area contributed by atoms with Crippen molar-refractivity contribution in [1.29, 1.82) is 0 Å². The molecule has 0 aliphatic heterocycles. The van der Waals surface area contributed by atoms with Gasteiger partial charge in [-0.25, -0.2) is 0 Å². The zero-order valence-electron chi connectivity index (χ0n) is 7.61. The van der Waals surface area contributed by atoms with Crippen LogP contribution in [0.5, 0.6) is 0 Å². The van der Waals surface area contributed by atoms with Gasteiger partial charge in [0.15, 0.2) is 0 Å². The molecule has 4 nitrogen and oxygen atoms in total. The van der Waals surface area contributed by atoms with Crippen molar-refractivity contribution in [3.8, 4) is 0 Å². The van der Waals surface area contributed by atoms with Crippen LogP contribution in [0.15, 0.2) is 23.1 Å². The number of nitrogens with zero attached hydrogens (tertiary/aromatic N) is 2. The van der Waals surface area contributed by atoms with Gasteiger partial charge in [0.25, 0.3) is 5.56 Å². The van der Waals surface area contributed by atoms with Crippen molar-refractivity contribution in [2.24, 2.45) is 0 Å². The molecule has 0 aliphatic carbocycles. The lowest BCUT2D eigenvalue weighted by Gasteiger charge is -2.04. The van der Waals surface area contributed by atoms with Gasteiger partial charge < -0.3 is 4.98 Å². The molecule has 0 unspecified atom stereocenters. The predicted molar refractivity (Wildman–Crippen MR) is 49.9 cm³/mol. The molecular weight excluding hydrogens is 166 g/mol. The van der Waals surface area contributed by atoms with Gasteiger partial charge in [-0.3, -0.25) is 4.79 Å². The van der Waals surface area contributed by atoms with Crippen LogP contribution in [0.1, 0.15) is 25.5 Å². The fourth-order valence-corrected chi connectivity index (χ4v) is 1.26. The average molecular weight is 177 g/mol. The van der Waals surface area contributed by atoms with Crippen LogP contribution >= 0.6 is 0 Å². The molecule has 0 atom stereocenters. The van der Waals surface area contributed by atoms with Crippen LogP contribution in [-0.2, 0) is 0 Å². The summed E-state index contributed by atoms with van der Waals surface area (Å²) in [7, 11) is 0. The molecule has 2 heterocycles. The van der Waals surface area contributed by atoms with Crippen LogP contribution in [-0.4, -0.2) is 14.6 Å². The Morgan fingerprint density at radius 3 is 3.00 bits per heavy atom. The van der Waals surface area contributed by atoms with Gasteiger partial charge >= 0.3 is 0 Å². The second-order valence-corrected chi connectivity index (χ2v) is 3.35. The minimum Gasteiger partial charge on any atom is -0.343 e. The number of nitrogens with one attached hydrogen (secondary N) is 1. The fourth-order valence-electron chi connectivity index (χ4n) is 1.26. The molecule has 1 N–H and O–H groups in total. The topological polar surface area (TPSA) is 50.2 Å². The minimum absolute atomic E-state index is 0.0811. The third-order valence-corrected chi connectivity index (χ3v) is 2.02. The average Bonchev–Trinajstić information content (AvgIpc) is 2.51. The molecule has 0 saturated carbocycles. The monoisotopic (exact) mass is 177 g/mol. The van der Waals surface area contributed by atoms with Crippen LogP contribution in [0.4, 0.5) is 0 Å². The summed E-state index contributed by atoms with van der Waals surface area (Å²) in [6.45, 7) is 4.08. The summed E-state index contributed by atoms with van der Waals surface area (Å²) in [5.74, 6) is 0.326. The first-order valence-corrected chi connectivity index (χ1v) is 4.25. The minimum atomic E-state index is -0.0811. The second-order valence-electron chi connectivity index (χ2n) is 3.35. The van der Waals surface area contributed by atoms with E-state index in [-0.39, 0.29) is 5.56 Å². The Morgan fingerprint density at radius 2 is 2.31 bits per heavy atom. The molecule has 0 saturated heterocycles. The van der Waals surface area contributed by atoms with Gasteiger partial charge in [-0.15, -0.1) is 0 Å². The standard InChI is InChI=1S/C9H11N3O/c1-6(2)7-5-9(13)12-8(11-7)3-4-10-12/h3-6,11H,1-2H3. The number of H-pyrrole nitrogens is 1. The number of rotatable bonds is 1. The number of hydrogen-bond acceptors (Lipinski definition) is 2. The van der Waals surface area contributed by atoms with E-state index in [1.807, 2.05) is 13.8 Å². The van der Waals surface area contributed by atoms with Crippen molar-refractivity contribution in [3.05, 3.63) is 34.4 Å². The van der Waals surface area contributed by atoms with E-state index in [0.29, 0.717) is 5.92 Å². The Kier molecular flexibility index (Phi) is 1.69. The van der Waals surface area contributed by atoms with E-state index in [4.69, 9.17) is 0 Å². The van der Waals surface area contributed by atoms with Crippen molar-refractivity contribution in [2.75, 3.05) is 0 Å². The lowest BCUT2D eigenvalue weighted by molar-refractivity contribution is 0.797. The largest absolute Gasteiger partial charge is 0.343 e. The van der Waals surface area contributed by atoms with E-state index in [2.05, 4.69) is 10.1 Å². The normalized spacial score (nSPS) is 11.3. The van der Waals surface area contributed by atoms with Crippen molar-refractivity contribution >= 4 is 5.65 Å². The SMILES string of the molecule is CC(C)c1cc(=O)n2nccc2[nH]1.